The van der Waals surface area contributed by atoms with Gasteiger partial charge in [-0.05, 0) is 31.2 Å². The Morgan fingerprint density at radius 3 is 2.41 bits per heavy atom. The number of nitrogens with one attached hydrogen (secondary N) is 1. The summed E-state index contributed by atoms with van der Waals surface area (Å²) in [6.45, 7) is 1.66. The highest BCUT2D eigenvalue weighted by Crippen LogP contribution is 2.25. The van der Waals surface area contributed by atoms with Gasteiger partial charge >= 0.3 is 0 Å². The van der Waals surface area contributed by atoms with Crippen molar-refractivity contribution in [3.05, 3.63) is 110 Å². The normalized spacial score (nSPS) is 11.5. The van der Waals surface area contributed by atoms with Crippen LogP contribution in [0.15, 0.2) is 82.6 Å². The molecule has 0 saturated heterocycles. The van der Waals surface area contributed by atoms with Crippen molar-refractivity contribution < 1.29 is 9.31 Å². The van der Waals surface area contributed by atoms with Crippen molar-refractivity contribution in [1.29, 1.82) is 0 Å². The maximum atomic E-state index is 13.8. The van der Waals surface area contributed by atoms with E-state index in [0.29, 0.717) is 28.3 Å². The van der Waals surface area contributed by atoms with Gasteiger partial charge in [-0.15, -0.1) is 0 Å². The summed E-state index contributed by atoms with van der Waals surface area (Å²) < 4.78 is 15.1. The summed E-state index contributed by atoms with van der Waals surface area (Å²) in [6, 6.07) is 18.9. The minimum atomic E-state index is -0.610. The molecule has 160 valence electrons. The van der Waals surface area contributed by atoms with Gasteiger partial charge in [0.25, 0.3) is 11.2 Å². The summed E-state index contributed by atoms with van der Waals surface area (Å²) in [5, 5.41) is 14.0. The number of nitrogens with zero attached hydrogens (tertiary/aromatic N) is 3. The van der Waals surface area contributed by atoms with Crippen LogP contribution in [0.1, 0.15) is 12.5 Å². The largest absolute Gasteiger partial charge is 0.290 e. The lowest BCUT2D eigenvalue weighted by Gasteiger charge is -2.03. The summed E-state index contributed by atoms with van der Waals surface area (Å²) in [6.07, 6.45) is 0. The predicted molar refractivity (Wildman–Crippen MR) is 122 cm³/mol. The number of nitro benzene ring substituents is 1. The lowest BCUT2D eigenvalue weighted by atomic mass is 10.1. The van der Waals surface area contributed by atoms with E-state index in [1.807, 2.05) is 30.3 Å². The molecule has 0 amide bonds. The van der Waals surface area contributed by atoms with Crippen LogP contribution < -0.4 is 5.56 Å². The highest BCUT2D eigenvalue weighted by molar-refractivity contribution is 6.30. The number of aromatic nitrogens is 2. The van der Waals surface area contributed by atoms with Gasteiger partial charge in [0, 0.05) is 23.8 Å². The minimum absolute atomic E-state index is 0.0197. The van der Waals surface area contributed by atoms with Crippen LogP contribution in [0.5, 0.6) is 0 Å². The van der Waals surface area contributed by atoms with Gasteiger partial charge in [-0.25, -0.2) is 9.07 Å². The Bertz CT molecular complexity index is 1390. The number of rotatable bonds is 5. The fourth-order valence-corrected chi connectivity index (χ4v) is 3.41. The second-order valence-corrected chi connectivity index (χ2v) is 7.34. The average molecular weight is 451 g/mol. The van der Waals surface area contributed by atoms with Crippen LogP contribution in [0.2, 0.25) is 5.02 Å². The molecule has 0 fully saturated rings. The molecule has 4 aromatic rings. The molecule has 0 atom stereocenters. The summed E-state index contributed by atoms with van der Waals surface area (Å²) in [5.74, 6) is -0.610. The Labute approximate surface area is 186 Å². The zero-order valence-electron chi connectivity index (χ0n) is 16.8. The van der Waals surface area contributed by atoms with Crippen molar-refractivity contribution in [2.45, 2.75) is 6.92 Å². The number of aromatic amines is 1. The molecule has 4 rings (SSSR count). The van der Waals surface area contributed by atoms with Crippen molar-refractivity contribution in [1.82, 2.24) is 9.78 Å². The molecule has 0 bridgehead atoms. The van der Waals surface area contributed by atoms with E-state index in [-0.39, 0.29) is 10.7 Å². The molecule has 0 aliphatic heterocycles. The zero-order chi connectivity index (χ0) is 22.8. The first kappa shape index (κ1) is 21.2. The Morgan fingerprint density at radius 2 is 1.78 bits per heavy atom. The van der Waals surface area contributed by atoms with E-state index in [9.17, 15) is 19.3 Å². The number of H-pyrrole nitrogens is 1. The van der Waals surface area contributed by atoms with Gasteiger partial charge in [0.1, 0.15) is 5.82 Å². The Kier molecular flexibility index (Phi) is 5.70. The smallest absolute Gasteiger partial charge is 0.280 e. The number of benzene rings is 3. The molecular weight excluding hydrogens is 435 g/mol. The lowest BCUT2D eigenvalue weighted by Crippen LogP contribution is -2.19. The van der Waals surface area contributed by atoms with Crippen LogP contribution in [0.25, 0.3) is 16.9 Å². The Morgan fingerprint density at radius 1 is 1.09 bits per heavy atom. The molecule has 1 aromatic heterocycles. The summed E-state index contributed by atoms with van der Waals surface area (Å²) in [7, 11) is 0. The Hall–Kier alpha value is -4.04. The van der Waals surface area contributed by atoms with E-state index in [4.69, 9.17) is 11.6 Å². The van der Waals surface area contributed by atoms with Gasteiger partial charge in [-0.2, -0.15) is 0 Å². The van der Waals surface area contributed by atoms with Gasteiger partial charge in [0.2, 0.25) is 0 Å². The number of aliphatic imine (C=N–C) groups is 1. The van der Waals surface area contributed by atoms with Crippen LogP contribution in [0.3, 0.4) is 0 Å². The maximum Gasteiger partial charge on any atom is 0.280 e. The molecule has 1 N–H and O–H groups in total. The van der Waals surface area contributed by atoms with Crippen molar-refractivity contribution >= 4 is 28.7 Å². The van der Waals surface area contributed by atoms with Gasteiger partial charge < -0.3 is 0 Å². The van der Waals surface area contributed by atoms with E-state index in [0.717, 1.165) is 5.56 Å². The summed E-state index contributed by atoms with van der Waals surface area (Å²) in [4.78, 5) is 28.2. The molecule has 0 radical (unpaired) electrons. The van der Waals surface area contributed by atoms with E-state index in [1.54, 1.807) is 13.0 Å². The second kappa shape index (κ2) is 8.60. The topological polar surface area (TPSA) is 93.3 Å². The number of halogens is 2. The highest BCUT2D eigenvalue weighted by atomic mass is 35.5. The van der Waals surface area contributed by atoms with E-state index in [2.05, 4.69) is 10.1 Å². The Balaban J connectivity index is 1.88. The second-order valence-electron chi connectivity index (χ2n) is 6.94. The van der Waals surface area contributed by atoms with Gasteiger partial charge in [0.15, 0.2) is 0 Å². The fraction of sp³-hybridized carbons (Fsp3) is 0.0435. The third-order valence-corrected chi connectivity index (χ3v) is 5.14. The van der Waals surface area contributed by atoms with E-state index < -0.39 is 16.3 Å². The molecule has 9 heteroatoms. The zero-order valence-corrected chi connectivity index (χ0v) is 17.5. The molecular formula is C23H16ClFN4O3. The van der Waals surface area contributed by atoms with Crippen LogP contribution in [0.4, 0.5) is 15.8 Å². The first-order valence-corrected chi connectivity index (χ1v) is 9.89. The van der Waals surface area contributed by atoms with Crippen molar-refractivity contribution in [3.8, 4) is 16.9 Å². The average Bonchev–Trinajstić information content (AvgIpc) is 3.14. The van der Waals surface area contributed by atoms with Crippen LogP contribution in [-0.2, 0) is 0 Å². The molecule has 32 heavy (non-hydrogen) atoms. The quantitative estimate of drug-likeness (QED) is 0.241. The van der Waals surface area contributed by atoms with Gasteiger partial charge in [-0.1, -0.05) is 41.9 Å². The van der Waals surface area contributed by atoms with Crippen molar-refractivity contribution in [3.63, 3.8) is 0 Å². The monoisotopic (exact) mass is 450 g/mol. The molecule has 0 saturated carbocycles. The first-order chi connectivity index (χ1) is 15.3. The summed E-state index contributed by atoms with van der Waals surface area (Å²) >= 11 is 5.74. The van der Waals surface area contributed by atoms with Crippen LogP contribution in [0, 0.1) is 15.9 Å². The number of hydrogen-bond acceptors (Lipinski definition) is 4. The van der Waals surface area contributed by atoms with E-state index in [1.165, 1.54) is 41.1 Å². The van der Waals surface area contributed by atoms with Crippen molar-refractivity contribution in [2.75, 3.05) is 0 Å². The van der Waals surface area contributed by atoms with Crippen LogP contribution in [-0.4, -0.2) is 20.4 Å². The first-order valence-electron chi connectivity index (χ1n) is 9.51. The molecule has 7 nitrogen and oxygen atoms in total. The third-order valence-electron chi connectivity index (χ3n) is 4.83. The fourth-order valence-electron chi connectivity index (χ4n) is 3.30. The van der Waals surface area contributed by atoms with E-state index >= 15 is 0 Å². The highest BCUT2D eigenvalue weighted by Gasteiger charge is 2.20. The van der Waals surface area contributed by atoms with Gasteiger partial charge in [0.05, 0.1) is 38.3 Å². The molecule has 3 aromatic carbocycles. The minimum Gasteiger partial charge on any atom is -0.290 e. The van der Waals surface area contributed by atoms with Crippen LogP contribution >= 0.6 is 11.6 Å². The molecule has 0 aliphatic carbocycles. The van der Waals surface area contributed by atoms with Gasteiger partial charge in [-0.3, -0.25) is 25.0 Å². The molecule has 0 spiro atoms. The lowest BCUT2D eigenvalue weighted by molar-refractivity contribution is -0.384. The third kappa shape index (κ3) is 4.08. The molecule has 0 unspecified atom stereocenters. The number of hydrogen-bond donors (Lipinski definition) is 1. The summed E-state index contributed by atoms with van der Waals surface area (Å²) in [5.41, 5.74) is 2.19. The number of nitro groups is 1. The standard InChI is InChI=1S/C23H16ClFN4O3/c1-14(26-16-7-12-19(24)20(25)13-16)21-22(15-5-3-2-4-6-15)27-28(23(21)30)17-8-10-18(11-9-17)29(31)32/h2-13,27H,1H3. The predicted octanol–water partition coefficient (Wildman–Crippen LogP) is 5.67. The SMILES string of the molecule is CC(=Nc1ccc(Cl)c(F)c1)c1c(-c2ccccc2)[nH]n(-c2ccc([N+](=O)[O-])cc2)c1=O. The van der Waals surface area contributed by atoms with Crippen molar-refractivity contribution in [2.24, 2.45) is 4.99 Å². The maximum absolute atomic E-state index is 13.8. The number of non-ortho nitro benzene ring substituents is 1. The molecule has 0 aliphatic rings. The molecule has 1 heterocycles.